The fourth-order valence-electron chi connectivity index (χ4n) is 2.82. The first kappa shape index (κ1) is 19.1. The summed E-state index contributed by atoms with van der Waals surface area (Å²) in [5, 5.41) is 12.3. The molecule has 1 aliphatic rings. The van der Waals surface area contributed by atoms with E-state index >= 15 is 0 Å². The number of aliphatic hydroxyl groups excluding tert-OH is 1. The minimum absolute atomic E-state index is 0. The van der Waals surface area contributed by atoms with Gasteiger partial charge in [-0.3, -0.25) is 4.90 Å². The van der Waals surface area contributed by atoms with E-state index in [1.807, 2.05) is 6.92 Å². The first-order valence-corrected chi connectivity index (χ1v) is 7.07. The Morgan fingerprint density at radius 1 is 1.36 bits per heavy atom. The van der Waals surface area contributed by atoms with Crippen LogP contribution in [0, 0.1) is 6.92 Å². The van der Waals surface area contributed by atoms with Gasteiger partial charge in [-0.25, -0.2) is 8.78 Å². The number of methoxy groups -OCH3 is 1. The summed E-state index contributed by atoms with van der Waals surface area (Å²) in [4.78, 5) is 1.73. The zero-order valence-corrected chi connectivity index (χ0v) is 13.6. The topological polar surface area (TPSA) is 44.7 Å². The predicted octanol–water partition coefficient (Wildman–Crippen LogP) is 2.00. The molecule has 7 heteroatoms. The Bertz CT molecular complexity index is 483. The molecule has 1 atom stereocenters. The number of ether oxygens (including phenoxy) is 1. The summed E-state index contributed by atoms with van der Waals surface area (Å²) in [5.41, 5.74) is 1.32. The van der Waals surface area contributed by atoms with E-state index in [0.717, 1.165) is 5.56 Å². The van der Waals surface area contributed by atoms with Crippen LogP contribution in [0.1, 0.15) is 17.2 Å². The van der Waals surface area contributed by atoms with Crippen LogP contribution in [0.25, 0.3) is 0 Å². The molecule has 4 nitrogen and oxygen atoms in total. The van der Waals surface area contributed by atoms with Crippen molar-refractivity contribution in [2.24, 2.45) is 0 Å². The molecule has 0 bridgehead atoms. The lowest BCUT2D eigenvalue weighted by molar-refractivity contribution is -0.118. The van der Waals surface area contributed by atoms with Crippen molar-refractivity contribution < 1.29 is 18.6 Å². The monoisotopic (exact) mass is 336 g/mol. The average Bonchev–Trinajstić information content (AvgIpc) is 2.48. The molecule has 0 radical (unpaired) electrons. The third-order valence-electron chi connectivity index (χ3n) is 3.86. The number of hydrogen-bond acceptors (Lipinski definition) is 4. The number of piperazine rings is 1. The number of hydrogen-bond donors (Lipinski definition) is 2. The normalized spacial score (nSPS) is 17.7. The first-order chi connectivity index (χ1) is 9.99. The fraction of sp³-hybridized carbons (Fsp3) is 0.600. The lowest BCUT2D eigenvalue weighted by Crippen LogP contribution is -2.51. The SMILES string of the molecule is COc1ccc([C@@H](N2CCNCC2)C(F)(F)CO)cc1C.Cl. The number of alkyl halides is 2. The lowest BCUT2D eigenvalue weighted by atomic mass is 9.96. The molecule has 0 amide bonds. The van der Waals surface area contributed by atoms with Gasteiger partial charge in [-0.2, -0.15) is 0 Å². The summed E-state index contributed by atoms with van der Waals surface area (Å²) in [6, 6.07) is 3.96. The maximum absolute atomic E-state index is 14.3. The highest BCUT2D eigenvalue weighted by molar-refractivity contribution is 5.85. The zero-order chi connectivity index (χ0) is 15.5. The summed E-state index contributed by atoms with van der Waals surface area (Å²) < 4.78 is 33.7. The summed E-state index contributed by atoms with van der Waals surface area (Å²) in [5.74, 6) is -2.51. The van der Waals surface area contributed by atoms with E-state index in [1.54, 1.807) is 30.2 Å². The third-order valence-corrected chi connectivity index (χ3v) is 3.86. The number of aryl methyl sites for hydroxylation is 1. The third kappa shape index (κ3) is 4.07. The molecule has 1 aromatic carbocycles. The summed E-state index contributed by atoms with van der Waals surface area (Å²) in [6.07, 6.45) is 0. The maximum atomic E-state index is 14.3. The molecule has 0 aromatic heterocycles. The highest BCUT2D eigenvalue weighted by Crippen LogP contribution is 2.37. The number of nitrogens with one attached hydrogen (secondary N) is 1. The second-order valence-electron chi connectivity index (χ2n) is 5.34. The van der Waals surface area contributed by atoms with Crippen LogP contribution in [-0.2, 0) is 0 Å². The standard InChI is InChI=1S/C15H22F2N2O2.ClH/c1-11-9-12(3-4-13(11)21-2)14(15(16,17)10-20)19-7-5-18-6-8-19;/h3-4,9,14,18,20H,5-8,10H2,1-2H3;1H/t14-;/m1./s1. The molecule has 0 saturated carbocycles. The lowest BCUT2D eigenvalue weighted by Gasteiger charge is -2.39. The molecule has 1 aromatic rings. The van der Waals surface area contributed by atoms with E-state index in [2.05, 4.69) is 5.32 Å². The Morgan fingerprint density at radius 2 is 2.00 bits per heavy atom. The minimum atomic E-state index is -3.18. The van der Waals surface area contributed by atoms with Crippen LogP contribution in [0.15, 0.2) is 18.2 Å². The van der Waals surface area contributed by atoms with E-state index in [-0.39, 0.29) is 12.4 Å². The van der Waals surface area contributed by atoms with E-state index < -0.39 is 18.6 Å². The van der Waals surface area contributed by atoms with E-state index in [4.69, 9.17) is 9.84 Å². The number of benzene rings is 1. The van der Waals surface area contributed by atoms with Gasteiger partial charge in [-0.15, -0.1) is 12.4 Å². The van der Waals surface area contributed by atoms with Gasteiger partial charge in [0.1, 0.15) is 18.4 Å². The zero-order valence-electron chi connectivity index (χ0n) is 12.8. The van der Waals surface area contributed by atoms with E-state index in [0.29, 0.717) is 37.5 Å². The van der Waals surface area contributed by atoms with Crippen molar-refractivity contribution in [3.8, 4) is 5.75 Å². The van der Waals surface area contributed by atoms with Gasteiger partial charge in [-0.05, 0) is 24.1 Å². The molecular formula is C15H23ClF2N2O2. The molecule has 1 fully saturated rings. The largest absolute Gasteiger partial charge is 0.496 e. The van der Waals surface area contributed by atoms with Crippen LogP contribution in [0.4, 0.5) is 8.78 Å². The van der Waals surface area contributed by atoms with Crippen LogP contribution < -0.4 is 10.1 Å². The van der Waals surface area contributed by atoms with Crippen LogP contribution in [0.3, 0.4) is 0 Å². The van der Waals surface area contributed by atoms with Gasteiger partial charge in [-0.1, -0.05) is 12.1 Å². The molecule has 1 saturated heterocycles. The smallest absolute Gasteiger partial charge is 0.289 e. The van der Waals surface area contributed by atoms with Crippen LogP contribution in [0.5, 0.6) is 5.75 Å². The average molecular weight is 337 g/mol. The Kier molecular flexibility index (Phi) is 6.99. The second-order valence-corrected chi connectivity index (χ2v) is 5.34. The molecule has 1 heterocycles. The molecular weight excluding hydrogens is 314 g/mol. The predicted molar refractivity (Wildman–Crippen MR) is 84.2 cm³/mol. The maximum Gasteiger partial charge on any atom is 0.289 e. The molecule has 2 rings (SSSR count). The Hall–Kier alpha value is -0.950. The van der Waals surface area contributed by atoms with Gasteiger partial charge < -0.3 is 15.2 Å². The number of aliphatic hydroxyl groups is 1. The Balaban J connectivity index is 0.00000242. The molecule has 2 N–H and O–H groups in total. The molecule has 126 valence electrons. The fourth-order valence-corrected chi connectivity index (χ4v) is 2.82. The quantitative estimate of drug-likeness (QED) is 0.863. The van der Waals surface area contributed by atoms with Crippen molar-refractivity contribution in [1.29, 1.82) is 0 Å². The first-order valence-electron chi connectivity index (χ1n) is 7.07. The molecule has 22 heavy (non-hydrogen) atoms. The second kappa shape index (κ2) is 8.06. The van der Waals surface area contributed by atoms with Gasteiger partial charge in [0.15, 0.2) is 0 Å². The Labute approximate surface area is 135 Å². The molecule has 1 aliphatic heterocycles. The van der Waals surface area contributed by atoms with Crippen LogP contribution in [-0.4, -0.2) is 55.8 Å². The van der Waals surface area contributed by atoms with Gasteiger partial charge in [0.25, 0.3) is 5.92 Å². The summed E-state index contributed by atoms with van der Waals surface area (Å²) in [6.45, 7) is 3.08. The van der Waals surface area contributed by atoms with Crippen molar-refractivity contribution in [3.63, 3.8) is 0 Å². The number of nitrogens with zero attached hydrogens (tertiary/aromatic N) is 1. The summed E-state index contributed by atoms with van der Waals surface area (Å²) in [7, 11) is 1.55. The van der Waals surface area contributed by atoms with E-state index in [1.165, 1.54) is 0 Å². The van der Waals surface area contributed by atoms with Gasteiger partial charge in [0.05, 0.1) is 7.11 Å². The van der Waals surface area contributed by atoms with Gasteiger partial charge in [0, 0.05) is 26.2 Å². The van der Waals surface area contributed by atoms with Crippen molar-refractivity contribution in [3.05, 3.63) is 29.3 Å². The molecule has 0 aliphatic carbocycles. The van der Waals surface area contributed by atoms with Gasteiger partial charge >= 0.3 is 0 Å². The summed E-state index contributed by atoms with van der Waals surface area (Å²) >= 11 is 0. The molecule has 0 spiro atoms. The van der Waals surface area contributed by atoms with Crippen molar-refractivity contribution in [2.75, 3.05) is 39.9 Å². The van der Waals surface area contributed by atoms with Gasteiger partial charge in [0.2, 0.25) is 0 Å². The number of halogens is 3. The molecule has 0 unspecified atom stereocenters. The van der Waals surface area contributed by atoms with Crippen LogP contribution >= 0.6 is 12.4 Å². The van der Waals surface area contributed by atoms with Crippen molar-refractivity contribution in [2.45, 2.75) is 18.9 Å². The number of rotatable bonds is 5. The minimum Gasteiger partial charge on any atom is -0.496 e. The van der Waals surface area contributed by atoms with Crippen molar-refractivity contribution >= 4 is 12.4 Å². The van der Waals surface area contributed by atoms with E-state index in [9.17, 15) is 8.78 Å². The van der Waals surface area contributed by atoms with Crippen LogP contribution in [0.2, 0.25) is 0 Å². The highest BCUT2D eigenvalue weighted by Gasteiger charge is 2.44. The Morgan fingerprint density at radius 3 is 2.50 bits per heavy atom. The van der Waals surface area contributed by atoms with Crippen molar-refractivity contribution in [1.82, 2.24) is 10.2 Å². The highest BCUT2D eigenvalue weighted by atomic mass is 35.5.